The number of piperazine rings is 1. The number of nitrogens with one attached hydrogen (secondary N) is 1. The van der Waals surface area contributed by atoms with E-state index in [2.05, 4.69) is 17.1 Å². The highest BCUT2D eigenvalue weighted by molar-refractivity contribution is 5.93. The zero-order chi connectivity index (χ0) is 13.8. The number of hydrogen-bond donors (Lipinski definition) is 2. The number of anilines is 1. The van der Waals surface area contributed by atoms with Crippen molar-refractivity contribution in [1.82, 2.24) is 5.32 Å². The third kappa shape index (κ3) is 3.05. The Balaban J connectivity index is 2.20. The predicted octanol–water partition coefficient (Wildman–Crippen LogP) is 0.946. The van der Waals surface area contributed by atoms with Gasteiger partial charge in [0.15, 0.2) is 0 Å². The molecule has 5 nitrogen and oxygen atoms in total. The van der Waals surface area contributed by atoms with Gasteiger partial charge in [-0.05, 0) is 38.1 Å². The molecule has 2 atom stereocenters. The van der Waals surface area contributed by atoms with Gasteiger partial charge in [-0.25, -0.2) is 0 Å². The minimum Gasteiger partial charge on any atom is -0.366 e. The van der Waals surface area contributed by atoms with Gasteiger partial charge in [0.05, 0.1) is 0 Å². The summed E-state index contributed by atoms with van der Waals surface area (Å²) in [4.78, 5) is 13.3. The maximum absolute atomic E-state index is 11.1. The lowest BCUT2D eigenvalue weighted by Crippen LogP contribution is -2.58. The van der Waals surface area contributed by atoms with Crippen molar-refractivity contribution >= 4 is 11.6 Å². The van der Waals surface area contributed by atoms with Crippen LogP contribution in [-0.2, 0) is 4.74 Å². The van der Waals surface area contributed by atoms with E-state index in [1.165, 1.54) is 0 Å². The maximum Gasteiger partial charge on any atom is 0.248 e. The zero-order valence-electron chi connectivity index (χ0n) is 11.4. The van der Waals surface area contributed by atoms with Gasteiger partial charge >= 0.3 is 0 Å². The normalized spacial score (nSPS) is 23.4. The van der Waals surface area contributed by atoms with Crippen molar-refractivity contribution in [2.45, 2.75) is 26.1 Å². The quantitative estimate of drug-likeness (QED) is 0.848. The molecular formula is C14H21N3O2. The van der Waals surface area contributed by atoms with Crippen molar-refractivity contribution in [3.8, 4) is 0 Å². The fourth-order valence-electron chi connectivity index (χ4n) is 2.41. The number of ether oxygens (including phenoxy) is 1. The summed E-state index contributed by atoms with van der Waals surface area (Å²) in [5.74, 6) is -0.401. The number of hydrogen-bond acceptors (Lipinski definition) is 4. The van der Waals surface area contributed by atoms with Gasteiger partial charge in [-0.15, -0.1) is 0 Å². The first kappa shape index (κ1) is 13.8. The molecule has 1 aromatic rings. The molecule has 5 heteroatoms. The number of benzene rings is 1. The average Bonchev–Trinajstić information content (AvgIpc) is 2.41. The lowest BCUT2D eigenvalue weighted by atomic mass is 10.1. The first-order valence-electron chi connectivity index (χ1n) is 6.65. The second kappa shape index (κ2) is 6.04. The van der Waals surface area contributed by atoms with Crippen molar-refractivity contribution < 1.29 is 9.53 Å². The Bertz CT molecular complexity index is 433. The van der Waals surface area contributed by atoms with Crippen LogP contribution in [0.2, 0.25) is 0 Å². The predicted molar refractivity (Wildman–Crippen MR) is 75.2 cm³/mol. The largest absolute Gasteiger partial charge is 0.366 e. The Morgan fingerprint density at radius 2 is 2.16 bits per heavy atom. The summed E-state index contributed by atoms with van der Waals surface area (Å²) in [5.41, 5.74) is 6.83. The van der Waals surface area contributed by atoms with E-state index in [-0.39, 0.29) is 12.3 Å². The standard InChI is InChI=1S/C14H21N3O2/c1-3-19-14-10(2)16-8-9-17(14)12-6-4-11(5-7-12)13(15)18/h4-7,10,14,16H,3,8-9H2,1-2H3,(H2,15,18)/t10-,14?/m1/s1. The number of carbonyl (C=O) groups excluding carboxylic acids is 1. The number of rotatable bonds is 4. The molecule has 2 rings (SSSR count). The lowest BCUT2D eigenvalue weighted by molar-refractivity contribution is 0.0267. The minimum absolute atomic E-state index is 0.0122. The van der Waals surface area contributed by atoms with E-state index in [0.717, 1.165) is 18.8 Å². The molecule has 0 spiro atoms. The van der Waals surface area contributed by atoms with Gasteiger partial charge in [-0.3, -0.25) is 4.79 Å². The molecule has 0 aromatic heterocycles. The Labute approximate surface area is 113 Å². The monoisotopic (exact) mass is 263 g/mol. The molecular weight excluding hydrogens is 242 g/mol. The van der Waals surface area contributed by atoms with Crippen LogP contribution in [0.3, 0.4) is 0 Å². The summed E-state index contributed by atoms with van der Waals surface area (Å²) in [6.45, 7) is 6.58. The van der Waals surface area contributed by atoms with Gasteiger partial charge in [-0.1, -0.05) is 0 Å². The van der Waals surface area contributed by atoms with Crippen LogP contribution in [0.15, 0.2) is 24.3 Å². The van der Waals surface area contributed by atoms with Crippen molar-refractivity contribution in [2.24, 2.45) is 5.73 Å². The average molecular weight is 263 g/mol. The highest BCUT2D eigenvalue weighted by atomic mass is 16.5. The van der Waals surface area contributed by atoms with E-state index in [1.807, 2.05) is 19.1 Å². The molecule has 3 N–H and O–H groups in total. The van der Waals surface area contributed by atoms with Crippen molar-refractivity contribution in [3.63, 3.8) is 0 Å². The van der Waals surface area contributed by atoms with E-state index in [0.29, 0.717) is 12.2 Å². The molecule has 0 aliphatic carbocycles. The number of nitrogens with zero attached hydrogens (tertiary/aromatic N) is 1. The first-order chi connectivity index (χ1) is 9.13. The molecule has 1 saturated heterocycles. The number of nitrogens with two attached hydrogens (primary N) is 1. The molecule has 1 heterocycles. The Morgan fingerprint density at radius 1 is 1.47 bits per heavy atom. The third-order valence-corrected chi connectivity index (χ3v) is 3.37. The second-order valence-electron chi connectivity index (χ2n) is 4.69. The van der Waals surface area contributed by atoms with E-state index < -0.39 is 5.91 Å². The van der Waals surface area contributed by atoms with Gasteiger partial charge in [0.2, 0.25) is 5.91 Å². The summed E-state index contributed by atoms with van der Waals surface area (Å²) >= 11 is 0. The molecule has 1 unspecified atom stereocenters. The first-order valence-corrected chi connectivity index (χ1v) is 6.65. The number of amides is 1. The van der Waals surface area contributed by atoms with E-state index in [1.54, 1.807) is 12.1 Å². The maximum atomic E-state index is 11.1. The number of primary amides is 1. The molecule has 0 saturated carbocycles. The molecule has 1 amide bonds. The van der Waals surface area contributed by atoms with Crippen molar-refractivity contribution in [1.29, 1.82) is 0 Å². The van der Waals surface area contributed by atoms with E-state index in [4.69, 9.17) is 10.5 Å². The minimum atomic E-state index is -0.401. The van der Waals surface area contributed by atoms with E-state index in [9.17, 15) is 4.79 Å². The molecule has 104 valence electrons. The SMILES string of the molecule is CCOC1[C@@H](C)NCCN1c1ccc(C(N)=O)cc1. The molecule has 1 aromatic carbocycles. The summed E-state index contributed by atoms with van der Waals surface area (Å²) in [5, 5.41) is 3.41. The summed E-state index contributed by atoms with van der Waals surface area (Å²) in [6, 6.07) is 7.62. The van der Waals surface area contributed by atoms with Gasteiger partial charge < -0.3 is 20.7 Å². The van der Waals surface area contributed by atoms with Crippen LogP contribution in [-0.4, -0.2) is 37.9 Å². The molecule has 0 radical (unpaired) electrons. The topological polar surface area (TPSA) is 67.6 Å². The highest BCUT2D eigenvalue weighted by Crippen LogP contribution is 2.22. The third-order valence-electron chi connectivity index (χ3n) is 3.37. The molecule has 1 aliphatic rings. The Kier molecular flexibility index (Phi) is 4.39. The van der Waals surface area contributed by atoms with Crippen molar-refractivity contribution in [2.75, 3.05) is 24.6 Å². The smallest absolute Gasteiger partial charge is 0.248 e. The van der Waals surface area contributed by atoms with Crippen LogP contribution in [0.25, 0.3) is 0 Å². The van der Waals surface area contributed by atoms with Crippen LogP contribution in [0.1, 0.15) is 24.2 Å². The van der Waals surface area contributed by atoms with Crippen LogP contribution < -0.4 is 16.0 Å². The van der Waals surface area contributed by atoms with Gasteiger partial charge in [0, 0.05) is 37.0 Å². The summed E-state index contributed by atoms with van der Waals surface area (Å²) in [7, 11) is 0. The summed E-state index contributed by atoms with van der Waals surface area (Å²) in [6.07, 6.45) is 0.0122. The number of carbonyl (C=O) groups is 1. The van der Waals surface area contributed by atoms with Crippen LogP contribution >= 0.6 is 0 Å². The van der Waals surface area contributed by atoms with Gasteiger partial charge in [0.1, 0.15) is 6.23 Å². The Hall–Kier alpha value is -1.59. The second-order valence-corrected chi connectivity index (χ2v) is 4.69. The molecule has 1 fully saturated rings. The molecule has 19 heavy (non-hydrogen) atoms. The van der Waals surface area contributed by atoms with Crippen LogP contribution in [0.4, 0.5) is 5.69 Å². The zero-order valence-corrected chi connectivity index (χ0v) is 11.4. The van der Waals surface area contributed by atoms with Crippen LogP contribution in [0, 0.1) is 0 Å². The summed E-state index contributed by atoms with van der Waals surface area (Å²) < 4.78 is 5.81. The molecule has 0 bridgehead atoms. The Morgan fingerprint density at radius 3 is 2.74 bits per heavy atom. The fraction of sp³-hybridized carbons (Fsp3) is 0.500. The van der Waals surface area contributed by atoms with Gasteiger partial charge in [0.25, 0.3) is 0 Å². The highest BCUT2D eigenvalue weighted by Gasteiger charge is 2.28. The fourth-order valence-corrected chi connectivity index (χ4v) is 2.41. The van der Waals surface area contributed by atoms with E-state index >= 15 is 0 Å². The lowest BCUT2D eigenvalue weighted by Gasteiger charge is -2.41. The van der Waals surface area contributed by atoms with Gasteiger partial charge in [-0.2, -0.15) is 0 Å². The molecule has 1 aliphatic heterocycles. The van der Waals surface area contributed by atoms with Crippen molar-refractivity contribution in [3.05, 3.63) is 29.8 Å². The van der Waals surface area contributed by atoms with Crippen LogP contribution in [0.5, 0.6) is 0 Å².